The topological polar surface area (TPSA) is 118 Å². The molecular weight excluding hydrogens is 529 g/mol. The van der Waals surface area contributed by atoms with E-state index in [9.17, 15) is 27.6 Å². The highest BCUT2D eigenvalue weighted by Crippen LogP contribution is 2.34. The lowest BCUT2D eigenvalue weighted by Crippen LogP contribution is -2.32. The minimum absolute atomic E-state index is 0.133. The zero-order chi connectivity index (χ0) is 27.7. The van der Waals surface area contributed by atoms with Gasteiger partial charge < -0.3 is 20.1 Å². The Morgan fingerprint density at radius 1 is 0.947 bits per heavy atom. The van der Waals surface area contributed by atoms with E-state index in [0.29, 0.717) is 16.3 Å². The SMILES string of the molecule is COc1cc(/C=N\NC(=O)C(=O)Nc2cccc(Cl)c2)ccc1OCC(=O)Nc1ccccc1C(F)(F)F. The molecule has 0 radical (unpaired) electrons. The molecule has 3 aromatic rings. The summed E-state index contributed by atoms with van der Waals surface area (Å²) in [6.45, 7) is -0.590. The first-order valence-corrected chi connectivity index (χ1v) is 11.1. The second-order valence-corrected chi connectivity index (χ2v) is 7.89. The quantitative estimate of drug-likeness (QED) is 0.218. The van der Waals surface area contributed by atoms with Crippen LogP contribution in [0.5, 0.6) is 11.5 Å². The van der Waals surface area contributed by atoms with Gasteiger partial charge in [-0.2, -0.15) is 18.3 Å². The molecule has 13 heteroatoms. The molecule has 0 aliphatic rings. The van der Waals surface area contributed by atoms with Gasteiger partial charge in [-0.1, -0.05) is 29.8 Å². The van der Waals surface area contributed by atoms with Crippen LogP contribution < -0.4 is 25.5 Å². The molecule has 198 valence electrons. The molecule has 0 heterocycles. The van der Waals surface area contributed by atoms with Crippen molar-refractivity contribution in [1.29, 1.82) is 0 Å². The number of hydrazone groups is 1. The third-order valence-electron chi connectivity index (χ3n) is 4.72. The number of para-hydroxylation sites is 1. The number of ether oxygens (including phenoxy) is 2. The number of halogens is 4. The molecule has 0 saturated heterocycles. The number of amides is 3. The van der Waals surface area contributed by atoms with Gasteiger partial charge in [-0.3, -0.25) is 14.4 Å². The fourth-order valence-electron chi connectivity index (χ4n) is 3.02. The first-order chi connectivity index (χ1) is 18.1. The summed E-state index contributed by atoms with van der Waals surface area (Å²) in [7, 11) is 1.34. The van der Waals surface area contributed by atoms with Gasteiger partial charge in [0.05, 0.1) is 24.6 Å². The van der Waals surface area contributed by atoms with Crippen LogP contribution in [0, 0.1) is 0 Å². The highest BCUT2D eigenvalue weighted by Gasteiger charge is 2.33. The van der Waals surface area contributed by atoms with Gasteiger partial charge in [-0.25, -0.2) is 5.43 Å². The highest BCUT2D eigenvalue weighted by molar-refractivity contribution is 6.39. The largest absolute Gasteiger partial charge is 0.493 e. The van der Waals surface area contributed by atoms with Crippen LogP contribution in [0.2, 0.25) is 5.02 Å². The van der Waals surface area contributed by atoms with E-state index in [-0.39, 0.29) is 11.5 Å². The Kier molecular flexibility index (Phi) is 9.28. The predicted molar refractivity (Wildman–Crippen MR) is 134 cm³/mol. The Morgan fingerprint density at radius 3 is 2.42 bits per heavy atom. The normalized spacial score (nSPS) is 11.1. The monoisotopic (exact) mass is 548 g/mol. The summed E-state index contributed by atoms with van der Waals surface area (Å²) in [5.41, 5.74) is 1.47. The predicted octanol–water partition coefficient (Wildman–Crippen LogP) is 4.47. The zero-order valence-corrected chi connectivity index (χ0v) is 20.4. The number of hydrogen-bond donors (Lipinski definition) is 3. The van der Waals surface area contributed by atoms with E-state index in [1.54, 1.807) is 18.2 Å². The Bertz CT molecular complexity index is 1360. The lowest BCUT2D eigenvalue weighted by molar-refractivity contribution is -0.137. The number of anilines is 2. The second kappa shape index (κ2) is 12.6. The van der Waals surface area contributed by atoms with Gasteiger partial charge in [0.15, 0.2) is 18.1 Å². The van der Waals surface area contributed by atoms with Crippen molar-refractivity contribution in [1.82, 2.24) is 5.43 Å². The summed E-state index contributed by atoms with van der Waals surface area (Å²) < 4.78 is 49.9. The summed E-state index contributed by atoms with van der Waals surface area (Å²) >= 11 is 5.83. The maximum atomic E-state index is 13.1. The van der Waals surface area contributed by atoms with Crippen molar-refractivity contribution in [3.05, 3.63) is 82.9 Å². The molecule has 0 unspecified atom stereocenters. The van der Waals surface area contributed by atoms with Crippen LogP contribution in [0.4, 0.5) is 24.5 Å². The van der Waals surface area contributed by atoms with E-state index in [1.807, 2.05) is 0 Å². The summed E-state index contributed by atoms with van der Waals surface area (Å²) in [4.78, 5) is 36.1. The van der Waals surface area contributed by atoms with Gasteiger partial charge >= 0.3 is 18.0 Å². The van der Waals surface area contributed by atoms with Crippen molar-refractivity contribution in [2.45, 2.75) is 6.18 Å². The molecule has 3 amide bonds. The molecule has 3 N–H and O–H groups in total. The second-order valence-electron chi connectivity index (χ2n) is 7.45. The fraction of sp³-hybridized carbons (Fsp3) is 0.120. The van der Waals surface area contributed by atoms with E-state index in [0.717, 1.165) is 12.1 Å². The van der Waals surface area contributed by atoms with Crippen molar-refractivity contribution >= 4 is 46.9 Å². The number of carbonyl (C=O) groups excluding carboxylic acids is 3. The van der Waals surface area contributed by atoms with E-state index in [2.05, 4.69) is 21.2 Å². The number of methoxy groups -OCH3 is 1. The molecule has 9 nitrogen and oxygen atoms in total. The van der Waals surface area contributed by atoms with Crippen molar-refractivity contribution in [2.24, 2.45) is 5.10 Å². The molecule has 0 saturated carbocycles. The number of hydrogen-bond acceptors (Lipinski definition) is 6. The van der Waals surface area contributed by atoms with Gasteiger partial charge in [0.25, 0.3) is 5.91 Å². The van der Waals surface area contributed by atoms with Crippen molar-refractivity contribution < 1.29 is 37.0 Å². The maximum absolute atomic E-state index is 13.1. The Morgan fingerprint density at radius 2 is 1.71 bits per heavy atom. The molecule has 0 fully saturated rings. The van der Waals surface area contributed by atoms with Gasteiger partial charge in [-0.15, -0.1) is 0 Å². The molecule has 0 atom stereocenters. The highest BCUT2D eigenvalue weighted by atomic mass is 35.5. The number of alkyl halides is 3. The van der Waals surface area contributed by atoms with Gasteiger partial charge in [0.2, 0.25) is 0 Å². The van der Waals surface area contributed by atoms with E-state index in [1.165, 1.54) is 49.7 Å². The van der Waals surface area contributed by atoms with Crippen LogP contribution >= 0.6 is 11.6 Å². The molecule has 0 aliphatic carbocycles. The lowest BCUT2D eigenvalue weighted by atomic mass is 10.1. The Hall–Kier alpha value is -4.58. The third-order valence-corrected chi connectivity index (χ3v) is 4.96. The number of carbonyl (C=O) groups is 3. The summed E-state index contributed by atoms with van der Waals surface area (Å²) in [6, 6.07) is 15.2. The maximum Gasteiger partial charge on any atom is 0.418 e. The van der Waals surface area contributed by atoms with Crippen molar-refractivity contribution in [2.75, 3.05) is 24.4 Å². The molecule has 38 heavy (non-hydrogen) atoms. The fourth-order valence-corrected chi connectivity index (χ4v) is 3.21. The standard InChI is InChI=1S/C25H20ClF3N4O5/c1-37-21-11-15(13-30-33-24(36)23(35)31-17-6-4-5-16(26)12-17)9-10-20(21)38-14-22(34)32-19-8-3-2-7-18(19)25(27,28)29/h2-13H,14H2,1H3,(H,31,35)(H,32,34)(H,33,36)/b30-13-. The summed E-state index contributed by atoms with van der Waals surface area (Å²) in [5, 5.41) is 8.64. The minimum Gasteiger partial charge on any atom is -0.493 e. The van der Waals surface area contributed by atoms with Crippen LogP contribution in [0.15, 0.2) is 71.8 Å². The first-order valence-electron chi connectivity index (χ1n) is 10.7. The van der Waals surface area contributed by atoms with Crippen LogP contribution in [-0.4, -0.2) is 37.7 Å². The third kappa shape index (κ3) is 7.96. The molecule has 3 aromatic carbocycles. The molecule has 0 aromatic heterocycles. The lowest BCUT2D eigenvalue weighted by Gasteiger charge is -2.14. The molecule has 0 aliphatic heterocycles. The molecular formula is C25H20ClF3N4O5. The number of nitrogens with one attached hydrogen (secondary N) is 3. The van der Waals surface area contributed by atoms with E-state index in [4.69, 9.17) is 21.1 Å². The number of rotatable bonds is 8. The average molecular weight is 549 g/mol. The Labute approximate surface area is 219 Å². The minimum atomic E-state index is -4.63. The van der Waals surface area contributed by atoms with Gasteiger partial charge in [-0.05, 0) is 54.1 Å². The number of nitrogens with zero attached hydrogens (tertiary/aromatic N) is 1. The van der Waals surface area contributed by atoms with Gasteiger partial charge in [0.1, 0.15) is 0 Å². The van der Waals surface area contributed by atoms with Gasteiger partial charge in [0, 0.05) is 10.7 Å². The van der Waals surface area contributed by atoms with Crippen molar-refractivity contribution in [3.8, 4) is 11.5 Å². The van der Waals surface area contributed by atoms with Crippen LogP contribution in [0.25, 0.3) is 0 Å². The zero-order valence-electron chi connectivity index (χ0n) is 19.6. The van der Waals surface area contributed by atoms with Crippen LogP contribution in [-0.2, 0) is 20.6 Å². The first kappa shape index (κ1) is 28.0. The van der Waals surface area contributed by atoms with E-state index < -0.39 is 41.8 Å². The molecule has 0 bridgehead atoms. The summed E-state index contributed by atoms with van der Waals surface area (Å²) in [6.07, 6.45) is -3.40. The smallest absolute Gasteiger partial charge is 0.418 e. The number of benzene rings is 3. The summed E-state index contributed by atoms with van der Waals surface area (Å²) in [5.74, 6) is -2.47. The molecule has 3 rings (SSSR count). The Balaban J connectivity index is 1.56. The van der Waals surface area contributed by atoms with Crippen molar-refractivity contribution in [3.63, 3.8) is 0 Å². The molecule has 0 spiro atoms. The van der Waals surface area contributed by atoms with Crippen LogP contribution in [0.1, 0.15) is 11.1 Å². The average Bonchev–Trinajstić information content (AvgIpc) is 2.87. The van der Waals surface area contributed by atoms with Crippen LogP contribution in [0.3, 0.4) is 0 Å². The van der Waals surface area contributed by atoms with E-state index >= 15 is 0 Å².